The molecule has 0 atom stereocenters. The van der Waals surface area contributed by atoms with Gasteiger partial charge in [-0.3, -0.25) is 0 Å². The summed E-state index contributed by atoms with van der Waals surface area (Å²) in [6.07, 6.45) is 0. The van der Waals surface area contributed by atoms with Gasteiger partial charge in [0.15, 0.2) is 0 Å². The smallest absolute Gasteiger partial charge is 0.311 e. The Labute approximate surface area is 149 Å². The molecule has 3 aromatic carbocycles. The van der Waals surface area contributed by atoms with Crippen molar-refractivity contribution in [1.82, 2.24) is 15.0 Å². The van der Waals surface area contributed by atoms with Crippen LogP contribution in [0.4, 0.5) is 0 Å². The molecule has 0 aliphatic carbocycles. The van der Waals surface area contributed by atoms with Crippen LogP contribution in [-0.2, 0) is 4.84 Å². The Morgan fingerprint density at radius 3 is 2.15 bits per heavy atom. The van der Waals surface area contributed by atoms with Crippen molar-refractivity contribution in [3.05, 3.63) is 96.1 Å². The van der Waals surface area contributed by atoms with Gasteiger partial charge in [0.05, 0.1) is 11.1 Å². The summed E-state index contributed by atoms with van der Waals surface area (Å²) < 4.78 is 1.56. The van der Waals surface area contributed by atoms with Crippen molar-refractivity contribution < 1.29 is 9.63 Å². The molecule has 0 saturated carbocycles. The van der Waals surface area contributed by atoms with Gasteiger partial charge in [0.2, 0.25) is 5.84 Å². The molecule has 0 N–H and O–H groups in total. The number of hydrogen-bond acceptors (Lipinski definition) is 5. The fourth-order valence-corrected chi connectivity index (χ4v) is 2.54. The average molecular weight is 342 g/mol. The lowest BCUT2D eigenvalue weighted by molar-refractivity contribution is 0.0515. The zero-order chi connectivity index (χ0) is 17.8. The topological polar surface area (TPSA) is 69.4 Å². The number of carbonyl (C=O) groups is 1. The lowest BCUT2D eigenvalue weighted by Crippen LogP contribution is -2.17. The Balaban J connectivity index is 1.76. The Kier molecular flexibility index (Phi) is 4.22. The highest BCUT2D eigenvalue weighted by Crippen LogP contribution is 2.13. The maximum absolute atomic E-state index is 12.2. The molecule has 0 radical (unpaired) electrons. The third kappa shape index (κ3) is 3.08. The van der Waals surface area contributed by atoms with Gasteiger partial charge in [0.1, 0.15) is 5.52 Å². The molecule has 0 unspecified atom stereocenters. The van der Waals surface area contributed by atoms with Gasteiger partial charge in [-0.1, -0.05) is 71.0 Å². The van der Waals surface area contributed by atoms with Crippen LogP contribution in [0, 0.1) is 0 Å². The fourth-order valence-electron chi connectivity index (χ4n) is 2.54. The summed E-state index contributed by atoms with van der Waals surface area (Å²) in [5.74, 6) is -0.160. The molecule has 1 aromatic heterocycles. The number of oxime groups is 1. The summed E-state index contributed by atoms with van der Waals surface area (Å²) in [5, 5.41) is 12.4. The van der Waals surface area contributed by atoms with Gasteiger partial charge in [-0.05, 0) is 24.3 Å². The highest BCUT2D eigenvalue weighted by molar-refractivity contribution is 6.04. The van der Waals surface area contributed by atoms with Crippen LogP contribution in [0.2, 0.25) is 0 Å². The van der Waals surface area contributed by atoms with Crippen molar-refractivity contribution >= 4 is 22.8 Å². The number of rotatable bonds is 3. The third-order valence-corrected chi connectivity index (χ3v) is 3.81. The average Bonchev–Trinajstić information content (AvgIpc) is 3.14. The molecule has 0 fully saturated rings. The molecule has 6 nitrogen and oxygen atoms in total. The van der Waals surface area contributed by atoms with E-state index in [4.69, 9.17) is 4.84 Å². The van der Waals surface area contributed by atoms with E-state index < -0.39 is 5.97 Å². The molecule has 1 heterocycles. The van der Waals surface area contributed by atoms with Gasteiger partial charge in [-0.15, -0.1) is 5.10 Å². The predicted octanol–water partition coefficient (Wildman–Crippen LogP) is 3.50. The monoisotopic (exact) mass is 342 g/mol. The second-order valence-electron chi connectivity index (χ2n) is 5.52. The molecule has 26 heavy (non-hydrogen) atoms. The molecule has 0 amide bonds. The van der Waals surface area contributed by atoms with Gasteiger partial charge in [0.25, 0.3) is 0 Å². The van der Waals surface area contributed by atoms with Crippen LogP contribution in [0.15, 0.2) is 90.1 Å². The highest BCUT2D eigenvalue weighted by atomic mass is 16.7. The van der Waals surface area contributed by atoms with Crippen molar-refractivity contribution in [3.8, 4) is 0 Å². The first kappa shape index (κ1) is 15.7. The second kappa shape index (κ2) is 6.98. The van der Waals surface area contributed by atoms with Crippen LogP contribution in [0.25, 0.3) is 11.0 Å². The fraction of sp³-hybridized carbons (Fsp3) is 0. The Hall–Kier alpha value is -3.80. The van der Waals surface area contributed by atoms with Gasteiger partial charge in [-0.2, -0.15) is 4.68 Å². The quantitative estimate of drug-likeness (QED) is 0.247. The summed E-state index contributed by atoms with van der Waals surface area (Å²) in [5.41, 5.74) is 2.67. The molecular weight excluding hydrogens is 328 g/mol. The molecule has 126 valence electrons. The highest BCUT2D eigenvalue weighted by Gasteiger charge is 2.14. The minimum absolute atomic E-state index is 0.378. The SMILES string of the molecule is O=C(O/N=C(\c1ccccc1)n1nnc2ccccc21)c1ccccc1. The number of fused-ring (bicyclic) bond motifs is 1. The van der Waals surface area contributed by atoms with Crippen molar-refractivity contribution in [3.63, 3.8) is 0 Å². The van der Waals surface area contributed by atoms with E-state index in [0.29, 0.717) is 11.4 Å². The van der Waals surface area contributed by atoms with Crippen molar-refractivity contribution in [1.29, 1.82) is 0 Å². The number of para-hydroxylation sites is 1. The summed E-state index contributed by atoms with van der Waals surface area (Å²) in [7, 11) is 0. The van der Waals surface area contributed by atoms with Crippen LogP contribution >= 0.6 is 0 Å². The molecule has 6 heteroatoms. The lowest BCUT2D eigenvalue weighted by Gasteiger charge is -2.07. The molecule has 0 saturated heterocycles. The molecule has 4 aromatic rings. The van der Waals surface area contributed by atoms with Crippen molar-refractivity contribution in [2.45, 2.75) is 0 Å². The lowest BCUT2D eigenvalue weighted by atomic mass is 10.2. The maximum atomic E-state index is 12.2. The molecule has 0 spiro atoms. The van der Waals surface area contributed by atoms with Crippen molar-refractivity contribution in [2.24, 2.45) is 5.16 Å². The predicted molar refractivity (Wildman–Crippen MR) is 97.8 cm³/mol. The van der Waals surface area contributed by atoms with E-state index in [1.807, 2.05) is 60.7 Å². The number of nitrogens with zero attached hydrogens (tertiary/aromatic N) is 4. The third-order valence-electron chi connectivity index (χ3n) is 3.81. The van der Waals surface area contributed by atoms with Crippen molar-refractivity contribution in [2.75, 3.05) is 0 Å². The van der Waals surface area contributed by atoms with Gasteiger partial charge in [0, 0.05) is 5.56 Å². The zero-order valence-corrected chi connectivity index (χ0v) is 13.7. The van der Waals surface area contributed by atoms with Crippen LogP contribution in [0.1, 0.15) is 15.9 Å². The largest absolute Gasteiger partial charge is 0.365 e. The maximum Gasteiger partial charge on any atom is 0.365 e. The normalized spacial score (nSPS) is 11.5. The minimum atomic E-state index is -0.538. The summed E-state index contributed by atoms with van der Waals surface area (Å²) >= 11 is 0. The number of benzene rings is 3. The standard InChI is InChI=1S/C20H14N4O2/c25-20(16-11-5-2-6-12-16)26-22-19(15-9-3-1-4-10-15)24-18-14-8-7-13-17(18)21-23-24/h1-14H/b22-19+. The Morgan fingerprint density at radius 1 is 0.808 bits per heavy atom. The summed E-state index contributed by atoms with van der Waals surface area (Å²) in [4.78, 5) is 17.4. The Morgan fingerprint density at radius 2 is 1.42 bits per heavy atom. The van der Waals surface area contributed by atoms with E-state index in [1.165, 1.54) is 0 Å². The van der Waals surface area contributed by atoms with E-state index >= 15 is 0 Å². The second-order valence-corrected chi connectivity index (χ2v) is 5.52. The molecule has 4 rings (SSSR count). The van der Waals surface area contributed by atoms with E-state index in [9.17, 15) is 4.79 Å². The summed E-state index contributed by atoms with van der Waals surface area (Å²) in [6.45, 7) is 0. The van der Waals surface area contributed by atoms with Gasteiger partial charge >= 0.3 is 5.97 Å². The van der Waals surface area contributed by atoms with E-state index in [2.05, 4.69) is 15.5 Å². The molecular formula is C20H14N4O2. The van der Waals surface area contributed by atoms with Crippen LogP contribution in [-0.4, -0.2) is 26.8 Å². The molecule has 0 aliphatic heterocycles. The van der Waals surface area contributed by atoms with E-state index in [0.717, 1.165) is 16.6 Å². The van der Waals surface area contributed by atoms with Gasteiger partial charge < -0.3 is 4.84 Å². The molecule has 0 bridgehead atoms. The Bertz CT molecular complexity index is 1070. The molecule has 0 aliphatic rings. The van der Waals surface area contributed by atoms with Crippen LogP contribution < -0.4 is 0 Å². The summed E-state index contributed by atoms with van der Waals surface area (Å²) in [6, 6.07) is 25.6. The van der Waals surface area contributed by atoms with E-state index in [1.54, 1.807) is 28.9 Å². The number of hydrogen-bond donors (Lipinski definition) is 0. The van der Waals surface area contributed by atoms with Gasteiger partial charge in [-0.25, -0.2) is 4.79 Å². The first-order valence-corrected chi connectivity index (χ1v) is 8.03. The van der Waals surface area contributed by atoms with Crippen LogP contribution in [0.3, 0.4) is 0 Å². The first-order valence-electron chi connectivity index (χ1n) is 8.03. The minimum Gasteiger partial charge on any atom is -0.311 e. The number of carbonyl (C=O) groups excluding carboxylic acids is 1. The van der Waals surface area contributed by atoms with E-state index in [-0.39, 0.29) is 0 Å². The zero-order valence-electron chi connectivity index (χ0n) is 13.7. The number of aromatic nitrogens is 3. The van der Waals surface area contributed by atoms with Crippen LogP contribution in [0.5, 0.6) is 0 Å². The first-order chi connectivity index (χ1) is 12.8.